The number of nitrogens with one attached hydrogen (secondary N) is 4. The highest BCUT2D eigenvalue weighted by molar-refractivity contribution is 9.10. The number of likely N-dealkylation sites (N-methyl/N-ethyl adjacent to an activating group) is 1. The molecule has 4 N–H and O–H groups in total. The summed E-state index contributed by atoms with van der Waals surface area (Å²) in [5, 5.41) is 5.86. The molecule has 5 rings (SSSR count). The quantitative estimate of drug-likeness (QED) is 0.181. The summed E-state index contributed by atoms with van der Waals surface area (Å²) in [7, 11) is 6.41. The van der Waals surface area contributed by atoms with Crippen molar-refractivity contribution in [3.63, 3.8) is 0 Å². The van der Waals surface area contributed by atoms with E-state index < -0.39 is 0 Å². The van der Waals surface area contributed by atoms with Gasteiger partial charge in [0.1, 0.15) is 5.69 Å². The van der Waals surface area contributed by atoms with Crippen LogP contribution in [0.1, 0.15) is 37.3 Å². The number of carbonyl (C=O) groups is 1. The largest absolute Gasteiger partial charge is 0.361 e. The third kappa shape index (κ3) is 4.83. The van der Waals surface area contributed by atoms with Crippen LogP contribution < -0.4 is 10.7 Å². The lowest BCUT2D eigenvalue weighted by Crippen LogP contribution is -2.40. The molecule has 37 heavy (non-hydrogen) atoms. The number of quaternary nitrogens is 1. The summed E-state index contributed by atoms with van der Waals surface area (Å²) >= 11 is 3.57. The van der Waals surface area contributed by atoms with Gasteiger partial charge in [0.05, 0.1) is 39.1 Å². The first kappa shape index (κ1) is 25.3. The molecule has 0 saturated carbocycles. The molecule has 2 aromatic carbocycles. The second kappa shape index (κ2) is 9.50. The van der Waals surface area contributed by atoms with Crippen LogP contribution in [-0.2, 0) is 4.79 Å². The first-order valence-corrected chi connectivity index (χ1v) is 13.3. The Balaban J connectivity index is 1.84. The molecule has 0 aliphatic carbocycles. The van der Waals surface area contributed by atoms with Crippen molar-refractivity contribution in [2.75, 3.05) is 33.0 Å². The zero-order valence-corrected chi connectivity index (χ0v) is 23.4. The smallest absolute Gasteiger partial charge is 0.224 e. The van der Waals surface area contributed by atoms with E-state index in [1.165, 1.54) is 0 Å². The van der Waals surface area contributed by atoms with E-state index in [0.717, 1.165) is 37.2 Å². The number of rotatable bonds is 7. The number of amides is 1. The van der Waals surface area contributed by atoms with Crippen LogP contribution in [0.2, 0.25) is 0 Å². The van der Waals surface area contributed by atoms with Gasteiger partial charge >= 0.3 is 0 Å². The summed E-state index contributed by atoms with van der Waals surface area (Å²) in [6, 6.07) is 10.1. The predicted octanol–water partition coefficient (Wildman–Crippen LogP) is 6.08. The fraction of sp³-hybridized carbons (Fsp3) is 0.310. The van der Waals surface area contributed by atoms with Gasteiger partial charge in [-0.2, -0.15) is 0 Å². The Bertz CT molecular complexity index is 1680. The summed E-state index contributed by atoms with van der Waals surface area (Å²) in [6.07, 6.45) is 6.04. The van der Waals surface area contributed by atoms with E-state index in [0.29, 0.717) is 34.2 Å². The Morgan fingerprint density at radius 2 is 1.76 bits per heavy atom. The molecule has 1 amide bonds. The molecule has 0 fully saturated rings. The van der Waals surface area contributed by atoms with Gasteiger partial charge in [-0.05, 0) is 41.1 Å². The molecule has 5 aromatic rings. The highest BCUT2D eigenvalue weighted by Gasteiger charge is 2.31. The normalized spacial score (nSPS) is 13.2. The van der Waals surface area contributed by atoms with Crippen molar-refractivity contribution >= 4 is 60.2 Å². The number of aromatic amines is 3. The molecule has 0 radical (unpaired) electrons. The minimum Gasteiger partial charge on any atom is -0.361 e. The van der Waals surface area contributed by atoms with Crippen LogP contribution >= 0.6 is 15.9 Å². The molecule has 192 valence electrons. The van der Waals surface area contributed by atoms with Gasteiger partial charge in [-0.1, -0.05) is 35.8 Å². The Hall–Kier alpha value is -3.36. The molecule has 1 atom stereocenters. The van der Waals surface area contributed by atoms with Crippen LogP contribution in [0.15, 0.2) is 58.2 Å². The van der Waals surface area contributed by atoms with E-state index in [-0.39, 0.29) is 23.2 Å². The highest BCUT2D eigenvalue weighted by atomic mass is 79.9. The van der Waals surface area contributed by atoms with Gasteiger partial charge in [-0.25, -0.2) is 0 Å². The van der Waals surface area contributed by atoms with Crippen molar-refractivity contribution in [3.8, 4) is 0 Å². The van der Waals surface area contributed by atoms with E-state index >= 15 is 0 Å². The van der Waals surface area contributed by atoms with Gasteiger partial charge in [-0.15, -0.1) is 0 Å². The van der Waals surface area contributed by atoms with Crippen LogP contribution in [0, 0.1) is 5.92 Å². The number of hydrogen-bond donors (Lipinski definition) is 4. The van der Waals surface area contributed by atoms with Crippen molar-refractivity contribution < 1.29 is 9.28 Å². The number of aromatic nitrogens is 3. The molecular formula is C29H33BrN5O2+. The number of H-pyrrole nitrogens is 3. The van der Waals surface area contributed by atoms with Gasteiger partial charge in [-0.3, -0.25) is 9.59 Å². The maximum Gasteiger partial charge on any atom is 0.224 e. The van der Waals surface area contributed by atoms with Crippen LogP contribution in [0.4, 0.5) is 5.69 Å². The number of benzene rings is 2. The van der Waals surface area contributed by atoms with Crippen molar-refractivity contribution in [3.05, 3.63) is 74.7 Å². The van der Waals surface area contributed by atoms with Crippen molar-refractivity contribution in [1.29, 1.82) is 0 Å². The molecule has 3 aromatic heterocycles. The number of pyridine rings is 2. The molecule has 0 spiro atoms. The number of halogens is 1. The third-order valence-electron chi connectivity index (χ3n) is 6.76. The molecule has 7 nitrogen and oxygen atoms in total. The summed E-state index contributed by atoms with van der Waals surface area (Å²) in [5.74, 6) is -0.190. The summed E-state index contributed by atoms with van der Waals surface area (Å²) in [4.78, 5) is 37.3. The third-order valence-corrected chi connectivity index (χ3v) is 7.25. The van der Waals surface area contributed by atoms with Gasteiger partial charge in [0.15, 0.2) is 0 Å². The number of hydrogen-bond acceptors (Lipinski definition) is 2. The molecule has 1 unspecified atom stereocenters. The minimum absolute atomic E-state index is 0.149. The lowest BCUT2D eigenvalue weighted by atomic mass is 9.85. The summed E-state index contributed by atoms with van der Waals surface area (Å²) in [6.45, 7) is 4.69. The monoisotopic (exact) mass is 562 g/mol. The Kier molecular flexibility index (Phi) is 6.50. The molecule has 3 heterocycles. The second-order valence-corrected chi connectivity index (χ2v) is 12.2. The molecule has 0 aliphatic rings. The SMILES string of the molecule is CC(C)CC(=O)Nc1c(=O)c(C(C[N+](C)(C)C)c2c[nH]c3cc(Br)ccc23)c2cc[nH]c3cc[nH]c1c32. The fourth-order valence-corrected chi connectivity index (χ4v) is 5.68. The van der Waals surface area contributed by atoms with Crippen molar-refractivity contribution in [2.24, 2.45) is 5.92 Å². The number of anilines is 1. The van der Waals surface area contributed by atoms with Crippen LogP contribution in [0.3, 0.4) is 0 Å². The minimum atomic E-state index is -0.210. The zero-order valence-electron chi connectivity index (χ0n) is 21.8. The van der Waals surface area contributed by atoms with E-state index in [1.807, 2.05) is 44.4 Å². The lowest BCUT2D eigenvalue weighted by Gasteiger charge is -2.30. The number of fused-ring (bicyclic) bond motifs is 1. The standard InChI is InChI=1S/C29H32BrN5O2/c1-16(2)12-24(36)34-28-27-26-19(8-10-31-22(26)9-11-32-27)25(29(28)37)21(15-35(3,4)5)20-14-33-23-13-17(30)6-7-18(20)23/h6-11,13-14,16,21,33H,12,15H2,1-5H3,(H2-,31,32,34,36,37)/p+1. The van der Waals surface area contributed by atoms with Gasteiger partial charge in [0, 0.05) is 56.9 Å². The second-order valence-electron chi connectivity index (χ2n) is 11.3. The summed E-state index contributed by atoms with van der Waals surface area (Å²) in [5.41, 5.74) is 4.48. The molecule has 0 bridgehead atoms. The maximum absolute atomic E-state index is 14.4. The Morgan fingerprint density at radius 3 is 2.49 bits per heavy atom. The van der Waals surface area contributed by atoms with Gasteiger partial charge in [0.25, 0.3) is 0 Å². The van der Waals surface area contributed by atoms with Crippen LogP contribution in [-0.4, -0.2) is 53.0 Å². The fourth-order valence-electron chi connectivity index (χ4n) is 5.32. The maximum atomic E-state index is 14.4. The van der Waals surface area contributed by atoms with E-state index in [1.54, 1.807) is 6.20 Å². The molecule has 0 aliphatic heterocycles. The van der Waals surface area contributed by atoms with Crippen LogP contribution in [0.5, 0.6) is 0 Å². The molecular weight excluding hydrogens is 530 g/mol. The van der Waals surface area contributed by atoms with Crippen molar-refractivity contribution in [1.82, 2.24) is 15.0 Å². The Morgan fingerprint density at radius 1 is 1.00 bits per heavy atom. The van der Waals surface area contributed by atoms with Crippen molar-refractivity contribution in [2.45, 2.75) is 26.2 Å². The van der Waals surface area contributed by atoms with Gasteiger partial charge in [0.2, 0.25) is 11.3 Å². The average Bonchev–Trinajstić information content (AvgIpc) is 3.22. The Labute approximate surface area is 224 Å². The number of nitrogens with zero attached hydrogens (tertiary/aromatic N) is 1. The first-order chi connectivity index (χ1) is 17.5. The topological polar surface area (TPSA) is 93.5 Å². The van der Waals surface area contributed by atoms with E-state index in [2.05, 4.69) is 69.5 Å². The predicted molar refractivity (Wildman–Crippen MR) is 155 cm³/mol. The first-order valence-electron chi connectivity index (χ1n) is 12.5. The van der Waals surface area contributed by atoms with E-state index in [4.69, 9.17) is 0 Å². The average molecular weight is 564 g/mol. The number of carbonyl (C=O) groups excluding carboxylic acids is 1. The molecule has 8 heteroatoms. The van der Waals surface area contributed by atoms with Gasteiger partial charge < -0.3 is 24.8 Å². The van der Waals surface area contributed by atoms with Crippen LogP contribution in [0.25, 0.3) is 32.7 Å². The highest BCUT2D eigenvalue weighted by Crippen LogP contribution is 2.38. The lowest BCUT2D eigenvalue weighted by molar-refractivity contribution is -0.871. The van der Waals surface area contributed by atoms with E-state index in [9.17, 15) is 9.59 Å². The summed E-state index contributed by atoms with van der Waals surface area (Å²) < 4.78 is 1.65. The zero-order chi connectivity index (χ0) is 26.5. The molecule has 0 saturated heterocycles.